The predicted molar refractivity (Wildman–Crippen MR) is 115 cm³/mol. The maximum absolute atomic E-state index is 13.0. The minimum absolute atomic E-state index is 0.125. The number of aryl methyl sites for hydroxylation is 1. The second-order valence-electron chi connectivity index (χ2n) is 8.52. The van der Waals surface area contributed by atoms with Gasteiger partial charge in [-0.05, 0) is 79.9 Å². The smallest absolute Gasteiger partial charge is 0.352 e. The summed E-state index contributed by atoms with van der Waals surface area (Å²) in [4.78, 5) is 24.3. The van der Waals surface area contributed by atoms with Gasteiger partial charge in [0.25, 0.3) is 5.91 Å². The number of nitrogens with one attached hydrogen (secondary N) is 3. The highest BCUT2D eigenvalue weighted by atomic mass is 19.4. The number of halogens is 4. The van der Waals surface area contributed by atoms with Gasteiger partial charge in [-0.15, -0.1) is 0 Å². The van der Waals surface area contributed by atoms with Crippen LogP contribution in [0.25, 0.3) is 0 Å². The van der Waals surface area contributed by atoms with Gasteiger partial charge in [-0.25, -0.2) is 9.02 Å². The van der Waals surface area contributed by atoms with Crippen molar-refractivity contribution in [2.75, 3.05) is 25.0 Å². The average Bonchev–Trinajstić information content (AvgIpc) is 3.21. The van der Waals surface area contributed by atoms with Crippen molar-refractivity contribution in [3.8, 4) is 0 Å². The Bertz CT molecular complexity index is 987. The molecule has 1 aromatic carbocycles. The molecule has 0 aliphatic heterocycles. The van der Waals surface area contributed by atoms with Gasteiger partial charge < -0.3 is 16.0 Å². The molecule has 1 aliphatic carbocycles. The largest absolute Gasteiger partial charge is 0.416 e. The van der Waals surface area contributed by atoms with Crippen molar-refractivity contribution in [3.05, 3.63) is 40.6 Å². The molecule has 1 fully saturated rings. The van der Waals surface area contributed by atoms with E-state index >= 15 is 0 Å². The number of carbonyl (C=O) groups excluding carboxylic acids is 2. The van der Waals surface area contributed by atoms with Crippen molar-refractivity contribution in [3.63, 3.8) is 0 Å². The number of hydrogen-bond acceptors (Lipinski definition) is 6. The molecule has 186 valence electrons. The lowest BCUT2D eigenvalue weighted by atomic mass is 9.82. The van der Waals surface area contributed by atoms with Gasteiger partial charge in [0.05, 0.1) is 12.1 Å². The zero-order valence-corrected chi connectivity index (χ0v) is 18.7. The van der Waals surface area contributed by atoms with Gasteiger partial charge in [-0.3, -0.25) is 9.59 Å². The summed E-state index contributed by atoms with van der Waals surface area (Å²) in [5.74, 6) is -0.0161. The number of rotatable bonds is 9. The quantitative estimate of drug-likeness (QED) is 0.468. The fraction of sp³-hybridized carbons (Fsp3) is 0.545. The number of anilines is 1. The summed E-state index contributed by atoms with van der Waals surface area (Å²) in [5, 5.41) is 15.6. The molecule has 1 aromatic heterocycles. The molecule has 0 bridgehead atoms. The van der Waals surface area contributed by atoms with Gasteiger partial charge in [-0.1, -0.05) is 5.16 Å². The fourth-order valence-corrected chi connectivity index (χ4v) is 3.95. The van der Waals surface area contributed by atoms with Crippen molar-refractivity contribution in [2.24, 2.45) is 11.8 Å². The van der Waals surface area contributed by atoms with E-state index in [9.17, 15) is 27.2 Å². The van der Waals surface area contributed by atoms with Crippen molar-refractivity contribution < 1.29 is 31.8 Å². The first-order chi connectivity index (χ1) is 16.2. The van der Waals surface area contributed by atoms with E-state index in [0.717, 1.165) is 37.8 Å². The summed E-state index contributed by atoms with van der Waals surface area (Å²) < 4.78 is 56.5. The van der Waals surface area contributed by atoms with E-state index in [2.05, 4.69) is 30.9 Å². The first-order valence-corrected chi connectivity index (χ1v) is 11.0. The number of alkyl halides is 4. The van der Waals surface area contributed by atoms with Crippen LogP contribution in [0.1, 0.15) is 52.9 Å². The molecule has 0 atom stereocenters. The van der Waals surface area contributed by atoms with Gasteiger partial charge >= 0.3 is 6.18 Å². The van der Waals surface area contributed by atoms with E-state index in [4.69, 9.17) is 0 Å². The summed E-state index contributed by atoms with van der Waals surface area (Å²) in [6.45, 7) is 1.72. The third-order valence-electron chi connectivity index (χ3n) is 5.88. The molecule has 0 saturated heterocycles. The van der Waals surface area contributed by atoms with E-state index < -0.39 is 24.3 Å². The molecule has 3 rings (SSSR count). The van der Waals surface area contributed by atoms with Gasteiger partial charge in [-0.2, -0.15) is 13.2 Å². The van der Waals surface area contributed by atoms with E-state index in [0.29, 0.717) is 36.6 Å². The third-order valence-corrected chi connectivity index (χ3v) is 5.88. The molecule has 34 heavy (non-hydrogen) atoms. The Morgan fingerprint density at radius 2 is 1.74 bits per heavy atom. The molecule has 12 heteroatoms. The van der Waals surface area contributed by atoms with Gasteiger partial charge in [0.2, 0.25) is 5.91 Å². The van der Waals surface area contributed by atoms with Crippen LogP contribution in [0.5, 0.6) is 0 Å². The van der Waals surface area contributed by atoms with Crippen molar-refractivity contribution in [1.29, 1.82) is 0 Å². The molecule has 1 saturated carbocycles. The van der Waals surface area contributed by atoms with Crippen LogP contribution in [-0.2, 0) is 17.6 Å². The maximum atomic E-state index is 13.0. The highest BCUT2D eigenvalue weighted by molar-refractivity contribution is 5.94. The van der Waals surface area contributed by atoms with Gasteiger partial charge in [0, 0.05) is 12.1 Å². The second kappa shape index (κ2) is 11.4. The Morgan fingerprint density at radius 3 is 2.32 bits per heavy atom. The molecule has 1 aliphatic rings. The first kappa shape index (κ1) is 25.6. The monoisotopic (exact) mass is 485 g/mol. The van der Waals surface area contributed by atoms with E-state index in [1.807, 2.05) is 0 Å². The summed E-state index contributed by atoms with van der Waals surface area (Å²) in [7, 11) is 0. The molecular weight excluding hydrogens is 458 g/mol. The van der Waals surface area contributed by atoms with Crippen LogP contribution in [-0.4, -0.2) is 41.8 Å². The molecule has 1 heterocycles. The Hall–Kier alpha value is -3.02. The lowest BCUT2D eigenvalue weighted by Gasteiger charge is -2.28. The summed E-state index contributed by atoms with van der Waals surface area (Å²) in [6.07, 6.45) is -1.16. The van der Waals surface area contributed by atoms with Crippen LogP contribution in [0, 0.1) is 18.8 Å². The van der Waals surface area contributed by atoms with Crippen LogP contribution < -0.4 is 16.0 Å². The number of carbonyl (C=O) groups is 2. The normalized spacial score (nSPS) is 18.5. The minimum Gasteiger partial charge on any atom is -0.352 e. The highest BCUT2D eigenvalue weighted by Gasteiger charge is 2.32. The van der Waals surface area contributed by atoms with Crippen LogP contribution >= 0.6 is 0 Å². The van der Waals surface area contributed by atoms with Crippen LogP contribution in [0.2, 0.25) is 0 Å². The zero-order chi connectivity index (χ0) is 24.7. The van der Waals surface area contributed by atoms with Crippen molar-refractivity contribution in [2.45, 2.75) is 45.5 Å². The van der Waals surface area contributed by atoms with Gasteiger partial charge in [0.1, 0.15) is 12.4 Å². The zero-order valence-electron chi connectivity index (χ0n) is 18.7. The number of aromatic nitrogens is 2. The van der Waals surface area contributed by atoms with Crippen LogP contribution in [0.3, 0.4) is 0 Å². The third kappa shape index (κ3) is 7.24. The number of benzene rings is 1. The van der Waals surface area contributed by atoms with E-state index in [1.54, 1.807) is 6.92 Å². The fourth-order valence-electron chi connectivity index (χ4n) is 3.95. The Labute approximate surface area is 193 Å². The van der Waals surface area contributed by atoms with Crippen molar-refractivity contribution in [1.82, 2.24) is 20.9 Å². The number of amides is 2. The molecule has 0 radical (unpaired) electrons. The van der Waals surface area contributed by atoms with E-state index in [1.165, 1.54) is 0 Å². The van der Waals surface area contributed by atoms with E-state index in [-0.39, 0.29) is 29.5 Å². The molecule has 0 spiro atoms. The molecule has 2 aromatic rings. The van der Waals surface area contributed by atoms with Crippen molar-refractivity contribution >= 4 is 17.6 Å². The predicted octanol–water partition coefficient (Wildman–Crippen LogP) is 3.63. The SMILES string of the molecule is Cc1nonc1NC(=O)CNCC1CCC(CNC(=O)c2cc(CF)cc(C(F)(F)F)c2)CC1. The molecule has 0 unspecified atom stereocenters. The van der Waals surface area contributed by atoms with Crippen LogP contribution in [0.4, 0.5) is 23.4 Å². The molecule has 2 amide bonds. The standard InChI is InChI=1S/C22H27F4N5O3/c1-13-20(31-34-30-13)29-19(32)12-27-10-14-2-4-15(5-3-14)11-28-21(33)17-6-16(9-23)7-18(8-17)22(24,25)26/h6-8,14-15,27H,2-5,9-12H2,1H3,(H,28,33)(H,29,31,32). The Balaban J connectivity index is 1.38. The van der Waals surface area contributed by atoms with Gasteiger partial charge in [0.15, 0.2) is 5.82 Å². The molecule has 8 nitrogen and oxygen atoms in total. The maximum Gasteiger partial charge on any atom is 0.416 e. The molecule has 3 N–H and O–H groups in total. The summed E-state index contributed by atoms with van der Waals surface area (Å²) in [5.41, 5.74) is -0.929. The summed E-state index contributed by atoms with van der Waals surface area (Å²) >= 11 is 0. The Morgan fingerprint density at radius 1 is 1.06 bits per heavy atom. The minimum atomic E-state index is -4.65. The Kier molecular flexibility index (Phi) is 8.59. The highest BCUT2D eigenvalue weighted by Crippen LogP contribution is 2.31. The lowest BCUT2D eigenvalue weighted by molar-refractivity contribution is -0.137. The number of nitrogens with zero attached hydrogens (tertiary/aromatic N) is 2. The molecular formula is C22H27F4N5O3. The average molecular weight is 485 g/mol. The second-order valence-corrected chi connectivity index (χ2v) is 8.52. The lowest BCUT2D eigenvalue weighted by Crippen LogP contribution is -2.35. The summed E-state index contributed by atoms with van der Waals surface area (Å²) in [6, 6.07) is 2.60. The van der Waals surface area contributed by atoms with Crippen LogP contribution in [0.15, 0.2) is 22.8 Å². The number of hydrogen-bond donors (Lipinski definition) is 3. The first-order valence-electron chi connectivity index (χ1n) is 11.0. The topological polar surface area (TPSA) is 109 Å².